The summed E-state index contributed by atoms with van der Waals surface area (Å²) in [7, 11) is 4.81. The van der Waals surface area contributed by atoms with Gasteiger partial charge in [-0.25, -0.2) is 64.0 Å². The molecule has 3 N–H and O–H groups in total. The van der Waals surface area contributed by atoms with Gasteiger partial charge in [0.25, 0.3) is 5.91 Å². The van der Waals surface area contributed by atoms with Gasteiger partial charge in [-0.3, -0.25) is 47.0 Å². The van der Waals surface area contributed by atoms with E-state index in [4.69, 9.17) is 85.9 Å². The first-order valence-corrected chi connectivity index (χ1v) is 46.4. The van der Waals surface area contributed by atoms with Crippen LogP contribution in [0.4, 0.5) is 0 Å². The van der Waals surface area contributed by atoms with Gasteiger partial charge in [-0.05, 0) is 89.8 Å². The van der Waals surface area contributed by atoms with Gasteiger partial charge in [0.1, 0.15) is 0 Å². The van der Waals surface area contributed by atoms with E-state index < -0.39 is 61.4 Å². The summed E-state index contributed by atoms with van der Waals surface area (Å²) >= 11 is 7.07. The number of carbonyl (C=O) groups excluding carboxylic acids is 3. The Bertz CT molecular complexity index is 2510. The van der Waals surface area contributed by atoms with Crippen LogP contribution in [0, 0.1) is 39.6 Å². The van der Waals surface area contributed by atoms with Gasteiger partial charge >= 0.3 is 314 Å². The molecule has 6 aliphatic rings. The zero-order chi connectivity index (χ0) is 71.6. The second-order valence-electron chi connectivity index (χ2n) is 25.6. The topological polar surface area (TPSA) is 313 Å². The molecule has 3 amide bonds. The van der Waals surface area contributed by atoms with Crippen LogP contribution in [0.2, 0.25) is 36.3 Å². The van der Waals surface area contributed by atoms with Crippen molar-refractivity contribution < 1.29 is 126 Å². The van der Waals surface area contributed by atoms with Gasteiger partial charge in [-0.1, -0.05) is 62.0 Å². The molecule has 6 aliphatic heterocycles. The number of hydroxylamine groups is 6. The van der Waals surface area contributed by atoms with E-state index in [1.807, 2.05) is 13.8 Å². The van der Waals surface area contributed by atoms with Crippen molar-refractivity contribution in [2.75, 3.05) is 80.4 Å². The number of carbonyl (C=O) groups is 3. The van der Waals surface area contributed by atoms with Gasteiger partial charge in [-0.15, -0.1) is 38.5 Å². The van der Waals surface area contributed by atoms with Crippen LogP contribution in [-0.2, 0) is 114 Å². The van der Waals surface area contributed by atoms with Crippen LogP contribution < -0.4 is 0 Å². The zero-order valence-electron chi connectivity index (χ0n) is 69.0. The minimum Gasteiger partial charge on any atom is -1.00 e. The number of likely N-dealkylation sites (N-methyl/N-ethyl adjacent to an activating group) is 1. The average molecular weight is 2340 g/mol. The first-order chi connectivity index (χ1) is 44.4. The smallest absolute Gasteiger partial charge is 1.00 e. The van der Waals surface area contributed by atoms with Gasteiger partial charge in [0, 0.05) is 69.9 Å². The predicted molar refractivity (Wildman–Crippen MR) is 410 cm³/mol. The van der Waals surface area contributed by atoms with E-state index in [1.165, 1.54) is 61.8 Å². The molecule has 0 bridgehead atoms. The largest absolute Gasteiger partial charge is 2.00 e. The van der Waals surface area contributed by atoms with Crippen molar-refractivity contribution in [3.8, 4) is 0 Å². The molecular weight excluding hydrogens is 2220 g/mol. The average Bonchev–Trinajstić information content (AvgIpc) is 1.71. The number of rotatable bonds is 34. The number of nitrogens with zero attached hydrogens (tertiary/aromatic N) is 3. The minimum absolute atomic E-state index is 0. The molecule has 42 heteroatoms. The maximum absolute atomic E-state index is 13.8. The summed E-state index contributed by atoms with van der Waals surface area (Å²) in [6.07, 6.45) is 1.68. The molecule has 0 aromatic heterocycles. The molecule has 0 radical (unpaired) electrons. The Morgan fingerprint density at radius 3 is 1.20 bits per heavy atom. The molecule has 0 saturated carbocycles. The molecule has 7 unspecified atom stereocenters. The molecular formula is C59H116Ba6N3O25P3S3Si2. The van der Waals surface area contributed by atoms with Gasteiger partial charge < -0.3 is 70.0 Å². The minimum atomic E-state index is -3.70. The van der Waals surface area contributed by atoms with Crippen LogP contribution in [0.25, 0.3) is 0 Å². The van der Waals surface area contributed by atoms with E-state index in [1.54, 1.807) is 26.4 Å². The second-order valence-corrected chi connectivity index (χ2v) is 46.2. The molecule has 0 aromatic carbocycles. The van der Waals surface area contributed by atoms with E-state index in [-0.39, 0.29) is 429 Å². The summed E-state index contributed by atoms with van der Waals surface area (Å²) in [6, 6.07) is 0. The predicted octanol–water partition coefficient (Wildman–Crippen LogP) is 9.12. The second kappa shape index (κ2) is 58.9. The molecule has 15 atom stereocenters. The fourth-order valence-electron chi connectivity index (χ4n) is 8.55. The van der Waals surface area contributed by atoms with Crippen LogP contribution in [0.15, 0.2) is 12.7 Å². The van der Waals surface area contributed by atoms with Crippen LogP contribution in [0.5, 0.6) is 0 Å². The summed E-state index contributed by atoms with van der Waals surface area (Å²) in [6.45, 7) is 28.2. The third-order valence-corrected chi connectivity index (χ3v) is 34.9. The Kier molecular flexibility index (Phi) is 67.8. The van der Waals surface area contributed by atoms with E-state index in [2.05, 4.69) is 79.1 Å². The normalized spacial score (nSPS) is 26.5. The van der Waals surface area contributed by atoms with E-state index in [0.717, 1.165) is 50.8 Å². The number of amides is 3. The molecule has 0 aliphatic carbocycles. The van der Waals surface area contributed by atoms with Gasteiger partial charge in [0.15, 0.2) is 16.6 Å². The molecule has 6 saturated heterocycles. The van der Waals surface area contributed by atoms with Crippen molar-refractivity contribution in [1.82, 2.24) is 15.2 Å². The van der Waals surface area contributed by atoms with E-state index >= 15 is 0 Å². The molecule has 6 fully saturated rings. The summed E-state index contributed by atoms with van der Waals surface area (Å²) in [5.74, 6) is -0.314. The van der Waals surface area contributed by atoms with Crippen LogP contribution in [-0.4, -0.2) is 512 Å². The van der Waals surface area contributed by atoms with E-state index in [0.29, 0.717) is 38.5 Å². The summed E-state index contributed by atoms with van der Waals surface area (Å²) in [5.41, 5.74) is 0. The Morgan fingerprint density at radius 1 is 0.554 bits per heavy atom. The number of ether oxygens (including phenoxy) is 6. The standard InChI is InChI=1S/C22H42NO8PSSi.C17H33O6PSSi.C15H26NO9PS.C5H9NO2.6Ba.6H/c1-9-17-18(10-13-27-17)30-32(25,33-15-12-21(24)23(5)26-6)29-16-20-19(11-14-28-20)31-34(7,8)22(2,3)4;1-7-13-14(8-10-19-13)22-24(18,25)21-12-16-15(9-11-20-16)23-26(5,6)17(2,3)4;1-16(21-2)15(19)5-8-27-26(20,24-10-14-11(18)3-6-23-14)25-12-4-7-22-13(12)9-17;1-4-5(7)6(2)8-3;;;;;;;;;;;;/h13-14,17-20H,9-12,15-16H2,1-8H3;10-11,13-16H,7-9,12H2,1-6H3,(H,18,25);6-7,11-14,17-18H,3-5,8-10H2,1-2H3;4H,1H2,2-3H3;;;;;;;;;;;;/q3*-2;;6*+2;6*-1/t17-,18?,19?,20-,32+;13-,14?,15?,16-,24?;11?,12?,13-,14-,26+;;;;;;;;;;;;;/m111............./s1. The van der Waals surface area contributed by atoms with Crippen LogP contribution in [0.1, 0.15) is 128 Å². The van der Waals surface area contributed by atoms with Crippen molar-refractivity contribution in [3.05, 3.63) is 52.3 Å². The first-order valence-electron chi connectivity index (χ1n) is 31.7. The number of hydrogen-bond acceptors (Lipinski definition) is 27. The number of hydrogen-bond donors (Lipinski definition) is 3. The maximum Gasteiger partial charge on any atom is 2.00 e. The van der Waals surface area contributed by atoms with E-state index in [9.17, 15) is 38.6 Å². The number of aliphatic hydroxyl groups is 2. The SMILES string of the molecule is C=CC(=O)N(C)OC.CC[C@H]1O[CH-]CC1OP(O)(=S)OC[C@H]1O[CH-]CC1O[Si](C)(C)C(C)(C)C.CC[C@H]1O[CH-]CC1O[P@](=O)(OC[C@H]1O[CH-]CC1O[Si](C)(C)C(C)(C)C)SCCC(=O)N(C)OC.CON(C)C(=O)CCS[P@@](=O)(OC[C@H]1O[CH-]CC1O)OC1C[CH-]O[C@@H]1CO.[Ba+2].[Ba+2].[Ba+2].[Ba+2].[Ba+2].[Ba+2].[H-].[H-].[H-].[H-].[H-].[H-]. The molecule has 570 valence electrons. The monoisotopic (exact) mass is 2340 g/mol. The maximum atomic E-state index is 13.8. The fraction of sp³-hybridized carbons (Fsp3) is 0.814. The summed E-state index contributed by atoms with van der Waals surface area (Å²) in [4.78, 5) is 59.0. The summed E-state index contributed by atoms with van der Waals surface area (Å²) in [5, 5.41) is 22.6. The Hall–Kier alpha value is 9.02. The molecule has 101 heavy (non-hydrogen) atoms. The summed E-state index contributed by atoms with van der Waals surface area (Å²) < 4.78 is 107. The first kappa shape index (κ1) is 116. The fourth-order valence-corrected chi connectivity index (χ4v) is 19.6. The molecule has 6 heterocycles. The van der Waals surface area contributed by atoms with Crippen LogP contribution >= 0.6 is 43.1 Å². The molecule has 6 rings (SSSR count). The van der Waals surface area contributed by atoms with Crippen molar-refractivity contribution >= 4 is 383 Å². The zero-order valence-corrected chi connectivity index (χ0v) is 96.7. The van der Waals surface area contributed by atoms with Crippen molar-refractivity contribution in [2.45, 2.75) is 229 Å². The Morgan fingerprint density at radius 2 is 0.871 bits per heavy atom. The van der Waals surface area contributed by atoms with Crippen molar-refractivity contribution in [1.29, 1.82) is 0 Å². The Balaban J connectivity index is -0.000000150. The molecule has 0 aromatic rings. The van der Waals surface area contributed by atoms with Crippen molar-refractivity contribution in [2.24, 2.45) is 0 Å². The molecule has 0 spiro atoms. The molecule has 28 nitrogen and oxygen atoms in total. The van der Waals surface area contributed by atoms with Gasteiger partial charge in [0.2, 0.25) is 11.8 Å². The Labute approximate surface area is 869 Å². The van der Waals surface area contributed by atoms with Gasteiger partial charge in [-0.2, -0.15) is 0 Å². The van der Waals surface area contributed by atoms with Crippen molar-refractivity contribution in [3.63, 3.8) is 0 Å². The quantitative estimate of drug-likeness (QED) is 0.0178. The third-order valence-electron chi connectivity index (χ3n) is 16.7. The number of aliphatic hydroxyl groups excluding tert-OH is 2. The van der Waals surface area contributed by atoms with Crippen LogP contribution in [0.3, 0.4) is 0 Å². The van der Waals surface area contributed by atoms with Gasteiger partial charge in [0.05, 0.1) is 96.6 Å². The third kappa shape index (κ3) is 43.2.